The molecule has 0 aliphatic rings. The lowest BCUT2D eigenvalue weighted by atomic mass is 10.2. The second-order valence-electron chi connectivity index (χ2n) is 4.15. The minimum absolute atomic E-state index is 0.0891. The average molecular weight is 374 g/mol. The smallest absolute Gasteiger partial charge is 0.336 e. The molecule has 2 aromatic rings. The van der Waals surface area contributed by atoms with Crippen LogP contribution in [0.5, 0.6) is 0 Å². The maximum absolute atomic E-state index is 12.1. The van der Waals surface area contributed by atoms with Crippen molar-refractivity contribution < 1.29 is 18.3 Å². The molecule has 1 aromatic heterocycles. The van der Waals surface area contributed by atoms with Crippen LogP contribution in [-0.4, -0.2) is 35.6 Å². The molecule has 2 rings (SSSR count). The molecule has 2 N–H and O–H groups in total. The second kappa shape index (κ2) is 6.37. The molecule has 0 bridgehead atoms. The van der Waals surface area contributed by atoms with Crippen LogP contribution in [0.3, 0.4) is 0 Å². The molecule has 0 aliphatic carbocycles. The van der Waals surface area contributed by atoms with Crippen molar-refractivity contribution in [2.75, 3.05) is 6.54 Å². The number of imidazole rings is 1. The number of benzene rings is 1. The Bertz CT molecular complexity index is 744. The van der Waals surface area contributed by atoms with Gasteiger partial charge < -0.3 is 9.67 Å². The molecule has 7 nitrogen and oxygen atoms in total. The fourth-order valence-electron chi connectivity index (χ4n) is 1.65. The van der Waals surface area contributed by atoms with Crippen LogP contribution < -0.4 is 4.72 Å². The molecule has 0 saturated heterocycles. The van der Waals surface area contributed by atoms with Gasteiger partial charge in [0.1, 0.15) is 0 Å². The van der Waals surface area contributed by atoms with Gasteiger partial charge in [-0.3, -0.25) is 0 Å². The number of rotatable bonds is 6. The van der Waals surface area contributed by atoms with Crippen molar-refractivity contribution >= 4 is 31.9 Å². The minimum Gasteiger partial charge on any atom is -0.478 e. The SMILES string of the molecule is O=C(O)c1cc(S(=O)(=O)NCCn2ccnc2)ccc1Br. The topological polar surface area (TPSA) is 101 Å². The number of hydrogen-bond donors (Lipinski definition) is 2. The summed E-state index contributed by atoms with van der Waals surface area (Å²) in [6.45, 7) is 0.610. The number of nitrogens with one attached hydrogen (secondary N) is 1. The highest BCUT2D eigenvalue weighted by molar-refractivity contribution is 9.10. The summed E-state index contributed by atoms with van der Waals surface area (Å²) in [5, 5.41) is 9.00. The lowest BCUT2D eigenvalue weighted by Gasteiger charge is -2.08. The molecular formula is C12H12BrN3O4S. The van der Waals surface area contributed by atoms with E-state index in [1.807, 2.05) is 0 Å². The predicted molar refractivity (Wildman–Crippen MR) is 78.5 cm³/mol. The van der Waals surface area contributed by atoms with Crippen LogP contribution in [0.25, 0.3) is 0 Å². The van der Waals surface area contributed by atoms with E-state index >= 15 is 0 Å². The highest BCUT2D eigenvalue weighted by Gasteiger charge is 2.17. The van der Waals surface area contributed by atoms with Crippen molar-refractivity contribution in [3.05, 3.63) is 47.0 Å². The van der Waals surface area contributed by atoms with Gasteiger partial charge in [-0.05, 0) is 34.1 Å². The van der Waals surface area contributed by atoms with Crippen LogP contribution in [0.2, 0.25) is 0 Å². The molecule has 0 amide bonds. The molecule has 1 aromatic carbocycles. The number of carbonyl (C=O) groups is 1. The number of aromatic nitrogens is 2. The normalized spacial score (nSPS) is 11.5. The van der Waals surface area contributed by atoms with E-state index in [9.17, 15) is 13.2 Å². The van der Waals surface area contributed by atoms with Crippen LogP contribution in [0.1, 0.15) is 10.4 Å². The summed E-state index contributed by atoms with van der Waals surface area (Å²) in [4.78, 5) is 14.8. The first-order valence-electron chi connectivity index (χ1n) is 5.88. The molecule has 9 heteroatoms. The average Bonchev–Trinajstić information content (AvgIpc) is 2.91. The summed E-state index contributed by atoms with van der Waals surface area (Å²) < 4.78 is 28.7. The van der Waals surface area contributed by atoms with Crippen LogP contribution in [0, 0.1) is 0 Å². The first-order valence-corrected chi connectivity index (χ1v) is 8.16. The Balaban J connectivity index is 2.12. The number of halogens is 1. The van der Waals surface area contributed by atoms with Gasteiger partial charge >= 0.3 is 5.97 Å². The number of aromatic carboxylic acids is 1. The summed E-state index contributed by atoms with van der Waals surface area (Å²) >= 11 is 3.07. The van der Waals surface area contributed by atoms with E-state index in [4.69, 9.17) is 5.11 Å². The van der Waals surface area contributed by atoms with Crippen molar-refractivity contribution in [3.8, 4) is 0 Å². The molecular weight excluding hydrogens is 362 g/mol. The standard InChI is InChI=1S/C12H12BrN3O4S/c13-11-2-1-9(7-10(11)12(17)18)21(19,20)15-4-6-16-5-3-14-8-16/h1-3,5,7-8,15H,4,6H2,(H,17,18). The van der Waals surface area contributed by atoms with E-state index in [2.05, 4.69) is 25.6 Å². The molecule has 0 radical (unpaired) electrons. The summed E-state index contributed by atoms with van der Waals surface area (Å²) in [6, 6.07) is 3.86. The van der Waals surface area contributed by atoms with Gasteiger partial charge in [0, 0.05) is 30.0 Å². The fourth-order valence-corrected chi connectivity index (χ4v) is 3.11. The highest BCUT2D eigenvalue weighted by atomic mass is 79.9. The van der Waals surface area contributed by atoms with Crippen LogP contribution in [0.4, 0.5) is 0 Å². The Kier molecular flexibility index (Phi) is 4.76. The van der Waals surface area contributed by atoms with Crippen LogP contribution in [0.15, 0.2) is 46.3 Å². The zero-order valence-electron chi connectivity index (χ0n) is 10.7. The fraction of sp³-hybridized carbons (Fsp3) is 0.167. The lowest BCUT2D eigenvalue weighted by Crippen LogP contribution is -2.27. The molecule has 1 heterocycles. The number of carboxylic acid groups (broad SMARTS) is 1. The van der Waals surface area contributed by atoms with Gasteiger partial charge in [0.2, 0.25) is 10.0 Å². The Morgan fingerprint density at radius 2 is 2.19 bits per heavy atom. The summed E-state index contributed by atoms with van der Waals surface area (Å²) in [5.41, 5.74) is -0.104. The van der Waals surface area contributed by atoms with E-state index < -0.39 is 16.0 Å². The van der Waals surface area contributed by atoms with Gasteiger partial charge in [0.25, 0.3) is 0 Å². The monoisotopic (exact) mass is 373 g/mol. The number of sulfonamides is 1. The van der Waals surface area contributed by atoms with Gasteiger partial charge in [-0.25, -0.2) is 22.9 Å². The number of carboxylic acids is 1. The van der Waals surface area contributed by atoms with Crippen LogP contribution in [-0.2, 0) is 16.6 Å². The molecule has 0 fully saturated rings. The van der Waals surface area contributed by atoms with Crippen molar-refractivity contribution in [1.82, 2.24) is 14.3 Å². The molecule has 0 aliphatic heterocycles. The van der Waals surface area contributed by atoms with E-state index in [-0.39, 0.29) is 17.0 Å². The lowest BCUT2D eigenvalue weighted by molar-refractivity contribution is 0.0695. The summed E-state index contributed by atoms with van der Waals surface area (Å²) in [7, 11) is -3.75. The molecule has 0 atom stereocenters. The molecule has 0 saturated carbocycles. The zero-order chi connectivity index (χ0) is 15.5. The predicted octanol–water partition coefficient (Wildman–Crippen LogP) is 1.32. The largest absolute Gasteiger partial charge is 0.478 e. The molecule has 0 unspecified atom stereocenters. The quantitative estimate of drug-likeness (QED) is 0.794. The number of nitrogens with zero attached hydrogens (tertiary/aromatic N) is 2. The maximum atomic E-state index is 12.1. The summed E-state index contributed by atoms with van der Waals surface area (Å²) in [6.07, 6.45) is 4.90. The van der Waals surface area contributed by atoms with Crippen molar-refractivity contribution in [2.45, 2.75) is 11.4 Å². The zero-order valence-corrected chi connectivity index (χ0v) is 13.1. The minimum atomic E-state index is -3.75. The van der Waals surface area contributed by atoms with E-state index in [0.29, 0.717) is 11.0 Å². The summed E-state index contributed by atoms with van der Waals surface area (Å²) in [5.74, 6) is -1.20. The van der Waals surface area contributed by atoms with Gasteiger partial charge in [0.15, 0.2) is 0 Å². The van der Waals surface area contributed by atoms with Gasteiger partial charge in [-0.15, -0.1) is 0 Å². The first-order chi connectivity index (χ1) is 9.90. The highest BCUT2D eigenvalue weighted by Crippen LogP contribution is 2.20. The Morgan fingerprint density at radius 3 is 2.81 bits per heavy atom. The molecule has 112 valence electrons. The Morgan fingerprint density at radius 1 is 1.43 bits per heavy atom. The van der Waals surface area contributed by atoms with Crippen molar-refractivity contribution in [2.24, 2.45) is 0 Å². The van der Waals surface area contributed by atoms with Crippen molar-refractivity contribution in [3.63, 3.8) is 0 Å². The van der Waals surface area contributed by atoms with Gasteiger partial charge in [0.05, 0.1) is 16.8 Å². The third-order valence-corrected chi connectivity index (χ3v) is 4.85. The van der Waals surface area contributed by atoms with E-state index in [1.165, 1.54) is 12.1 Å². The molecule has 0 spiro atoms. The third kappa shape index (κ3) is 3.90. The van der Waals surface area contributed by atoms with Crippen molar-refractivity contribution in [1.29, 1.82) is 0 Å². The van der Waals surface area contributed by atoms with Gasteiger partial charge in [-0.1, -0.05) is 0 Å². The van der Waals surface area contributed by atoms with Gasteiger partial charge in [-0.2, -0.15) is 0 Å². The molecule has 21 heavy (non-hydrogen) atoms. The maximum Gasteiger partial charge on any atom is 0.336 e. The van der Waals surface area contributed by atoms with E-state index in [0.717, 1.165) is 6.07 Å². The second-order valence-corrected chi connectivity index (χ2v) is 6.77. The first kappa shape index (κ1) is 15.7. The number of hydrogen-bond acceptors (Lipinski definition) is 4. The Hall–Kier alpha value is -1.71. The van der Waals surface area contributed by atoms with Crippen LogP contribution >= 0.6 is 15.9 Å². The van der Waals surface area contributed by atoms with E-state index in [1.54, 1.807) is 23.3 Å². The third-order valence-electron chi connectivity index (χ3n) is 2.70. The Labute approximate surface area is 129 Å².